The summed E-state index contributed by atoms with van der Waals surface area (Å²) in [6.45, 7) is 1.20. The van der Waals surface area contributed by atoms with E-state index in [1.807, 2.05) is 6.07 Å². The normalized spacial score (nSPS) is 11.4. The van der Waals surface area contributed by atoms with Gasteiger partial charge in [0.15, 0.2) is 0 Å². The number of carbonyl (C=O) groups excluding carboxylic acids is 2. The highest BCUT2D eigenvalue weighted by Crippen LogP contribution is 2.17. The van der Waals surface area contributed by atoms with E-state index < -0.39 is 11.9 Å². The molecule has 0 unspecified atom stereocenters. The number of halogens is 1. The molecule has 2 aromatic carbocycles. The molecule has 1 aromatic heterocycles. The van der Waals surface area contributed by atoms with Gasteiger partial charge in [-0.25, -0.2) is 4.79 Å². The average molecular weight is 357 g/mol. The first kappa shape index (κ1) is 16.7. The molecule has 1 heterocycles. The molecule has 0 saturated heterocycles. The molecule has 0 bridgehead atoms. The highest BCUT2D eigenvalue weighted by atomic mass is 35.5. The molecule has 25 heavy (non-hydrogen) atoms. The number of hydrogen-bond acceptors (Lipinski definition) is 5. The van der Waals surface area contributed by atoms with Crippen LogP contribution in [-0.2, 0) is 9.63 Å². The number of fused-ring (bicyclic) bond motifs is 1. The van der Waals surface area contributed by atoms with Crippen LogP contribution in [0.4, 0.5) is 5.69 Å². The highest BCUT2D eigenvalue weighted by molar-refractivity contribution is 6.31. The lowest BCUT2D eigenvalue weighted by molar-refractivity contribution is -0.141. The maximum Gasteiger partial charge on any atom is 0.332 e. The van der Waals surface area contributed by atoms with Gasteiger partial charge in [-0.1, -0.05) is 35.9 Å². The number of benzene rings is 2. The first-order valence-corrected chi connectivity index (χ1v) is 7.72. The van der Waals surface area contributed by atoms with Gasteiger partial charge in [0.25, 0.3) is 11.5 Å². The number of anilines is 1. The summed E-state index contributed by atoms with van der Waals surface area (Å²) in [5, 5.41) is 7.54. The third-order valence-corrected chi connectivity index (χ3v) is 3.48. The van der Waals surface area contributed by atoms with Crippen molar-refractivity contribution in [1.82, 2.24) is 0 Å². The van der Waals surface area contributed by atoms with E-state index in [4.69, 9.17) is 16.0 Å². The molecule has 0 aliphatic rings. The van der Waals surface area contributed by atoms with Crippen molar-refractivity contribution in [3.8, 4) is 0 Å². The van der Waals surface area contributed by atoms with E-state index in [0.717, 1.165) is 0 Å². The second-order valence-corrected chi connectivity index (χ2v) is 5.58. The minimum atomic E-state index is -0.621. The van der Waals surface area contributed by atoms with Crippen LogP contribution in [0, 0.1) is 0 Å². The minimum Gasteiger partial charge on any atom is -0.435 e. The Morgan fingerprint density at radius 1 is 1.12 bits per heavy atom. The van der Waals surface area contributed by atoms with Crippen molar-refractivity contribution >= 4 is 40.1 Å². The Morgan fingerprint density at radius 3 is 2.68 bits per heavy atom. The molecule has 7 heteroatoms. The summed E-state index contributed by atoms with van der Waals surface area (Å²) >= 11 is 5.92. The van der Waals surface area contributed by atoms with Crippen molar-refractivity contribution in [2.45, 2.75) is 6.92 Å². The van der Waals surface area contributed by atoms with Gasteiger partial charge in [-0.15, -0.1) is 0 Å². The highest BCUT2D eigenvalue weighted by Gasteiger charge is 2.14. The Bertz CT molecular complexity index is 1030. The number of hydrogen-bond donors (Lipinski definition) is 1. The lowest BCUT2D eigenvalue weighted by Gasteiger charge is -2.07. The maximum absolute atomic E-state index is 12.6. The zero-order valence-corrected chi connectivity index (χ0v) is 13.9. The van der Waals surface area contributed by atoms with Crippen LogP contribution in [-0.4, -0.2) is 11.9 Å². The Morgan fingerprint density at radius 2 is 1.92 bits per heavy atom. The fourth-order valence-corrected chi connectivity index (χ4v) is 2.36. The van der Waals surface area contributed by atoms with Crippen molar-refractivity contribution in [3.63, 3.8) is 0 Å². The third kappa shape index (κ3) is 4.05. The molecule has 1 amide bonds. The molecule has 0 spiro atoms. The molecule has 0 radical (unpaired) electrons. The van der Waals surface area contributed by atoms with E-state index in [2.05, 4.69) is 15.3 Å². The van der Waals surface area contributed by atoms with Crippen molar-refractivity contribution in [2.24, 2.45) is 5.16 Å². The zero-order valence-electron chi connectivity index (χ0n) is 13.2. The number of nitrogens with zero attached hydrogens (tertiary/aromatic N) is 1. The number of amides is 1. The molecular formula is C18H13ClN2O4. The van der Waals surface area contributed by atoms with Crippen molar-refractivity contribution in [2.75, 3.05) is 5.32 Å². The van der Waals surface area contributed by atoms with Crippen molar-refractivity contribution in [3.05, 3.63) is 70.7 Å². The predicted octanol–water partition coefficient (Wildman–Crippen LogP) is 3.72. The van der Waals surface area contributed by atoms with Gasteiger partial charge in [-0.05, 0) is 35.5 Å². The van der Waals surface area contributed by atoms with E-state index in [-0.39, 0.29) is 11.1 Å². The van der Waals surface area contributed by atoms with Gasteiger partial charge in [0.05, 0.1) is 0 Å². The molecule has 0 saturated carbocycles. The summed E-state index contributed by atoms with van der Waals surface area (Å²) < 4.78 is 5.60. The first-order chi connectivity index (χ1) is 12.0. The summed E-state index contributed by atoms with van der Waals surface area (Å²) in [5.74, 6) is -1.09. The van der Waals surface area contributed by atoms with E-state index in [9.17, 15) is 9.59 Å². The smallest absolute Gasteiger partial charge is 0.332 e. The molecule has 0 aliphatic carbocycles. The van der Waals surface area contributed by atoms with E-state index in [1.165, 1.54) is 6.92 Å². The van der Waals surface area contributed by atoms with Crippen molar-refractivity contribution in [1.29, 1.82) is 0 Å². The van der Waals surface area contributed by atoms with Crippen LogP contribution >= 0.6 is 11.6 Å². The Hall–Kier alpha value is -3.12. The number of para-hydroxylation sites is 1. The Kier molecular flexibility index (Phi) is 4.81. The topological polar surface area (TPSA) is 80.9 Å². The third-order valence-electron chi connectivity index (χ3n) is 3.24. The van der Waals surface area contributed by atoms with Crippen molar-refractivity contribution < 1.29 is 18.8 Å². The summed E-state index contributed by atoms with van der Waals surface area (Å²) in [6, 6.07) is 15.5. The SMILES string of the molecule is CC(=O)O/N=c1/oc2ccccc2cc1C(=O)Nc1cccc(Cl)c1. The predicted molar refractivity (Wildman–Crippen MR) is 92.9 cm³/mol. The van der Waals surface area contributed by atoms with Crippen LogP contribution in [0.15, 0.2) is 64.2 Å². The molecule has 1 N–H and O–H groups in total. The van der Waals surface area contributed by atoms with Crippen LogP contribution in [0.2, 0.25) is 5.02 Å². The molecule has 3 aromatic rings. The van der Waals surface area contributed by atoms with Gasteiger partial charge in [-0.3, -0.25) is 4.79 Å². The minimum absolute atomic E-state index is 0.103. The van der Waals surface area contributed by atoms with Crippen LogP contribution < -0.4 is 10.9 Å². The second kappa shape index (κ2) is 7.19. The Balaban J connectivity index is 2.05. The van der Waals surface area contributed by atoms with Gasteiger partial charge in [0.1, 0.15) is 11.1 Å². The van der Waals surface area contributed by atoms with Crippen LogP contribution in [0.1, 0.15) is 17.3 Å². The van der Waals surface area contributed by atoms with Gasteiger partial charge in [0.2, 0.25) is 0 Å². The molecule has 0 atom stereocenters. The quantitative estimate of drug-likeness (QED) is 0.573. The molecule has 3 rings (SSSR count). The van der Waals surface area contributed by atoms with Gasteiger partial charge < -0.3 is 14.6 Å². The maximum atomic E-state index is 12.6. The van der Waals surface area contributed by atoms with Crippen LogP contribution in [0.25, 0.3) is 11.0 Å². The lowest BCUT2D eigenvalue weighted by Crippen LogP contribution is -2.22. The van der Waals surface area contributed by atoms with E-state index in [0.29, 0.717) is 21.7 Å². The summed E-state index contributed by atoms with van der Waals surface area (Å²) in [6.07, 6.45) is 0. The lowest BCUT2D eigenvalue weighted by atomic mass is 10.1. The van der Waals surface area contributed by atoms with Crippen LogP contribution in [0.5, 0.6) is 0 Å². The van der Waals surface area contributed by atoms with E-state index in [1.54, 1.807) is 48.5 Å². The molecule has 0 fully saturated rings. The fraction of sp³-hybridized carbons (Fsp3) is 0.0556. The van der Waals surface area contributed by atoms with Gasteiger partial charge in [0, 0.05) is 23.0 Å². The number of rotatable bonds is 3. The molecule has 126 valence electrons. The summed E-state index contributed by atoms with van der Waals surface area (Å²) in [4.78, 5) is 28.3. The standard InChI is InChI=1S/C18H13ClN2O4/c1-11(22)25-21-18-15(9-12-5-2-3-8-16(12)24-18)17(23)20-14-7-4-6-13(19)10-14/h2-10H,1H3,(H,20,23)/b21-18+. The number of nitrogens with one attached hydrogen (secondary N) is 1. The van der Waals surface area contributed by atoms with Gasteiger partial charge >= 0.3 is 5.97 Å². The molecule has 6 nitrogen and oxygen atoms in total. The second-order valence-electron chi connectivity index (χ2n) is 5.14. The van der Waals surface area contributed by atoms with Crippen LogP contribution in [0.3, 0.4) is 0 Å². The Labute approximate surface area is 147 Å². The monoisotopic (exact) mass is 356 g/mol. The molecular weight excluding hydrogens is 344 g/mol. The average Bonchev–Trinajstić information content (AvgIpc) is 2.59. The summed E-state index contributed by atoms with van der Waals surface area (Å²) in [7, 11) is 0. The first-order valence-electron chi connectivity index (χ1n) is 7.34. The summed E-state index contributed by atoms with van der Waals surface area (Å²) in [5.41, 5.74) is 1.05. The zero-order chi connectivity index (χ0) is 17.8. The fourth-order valence-electron chi connectivity index (χ4n) is 2.17. The molecule has 0 aliphatic heterocycles. The number of carbonyl (C=O) groups is 2. The van der Waals surface area contributed by atoms with Gasteiger partial charge in [-0.2, -0.15) is 0 Å². The van der Waals surface area contributed by atoms with E-state index >= 15 is 0 Å². The largest absolute Gasteiger partial charge is 0.435 e.